The number of hydrogen-bond acceptors (Lipinski definition) is 3. The van der Waals surface area contributed by atoms with Gasteiger partial charge in [0.05, 0.1) is 6.54 Å². The Labute approximate surface area is 113 Å². The zero-order valence-electron chi connectivity index (χ0n) is 9.64. The lowest BCUT2D eigenvalue weighted by Crippen LogP contribution is -2.17. The van der Waals surface area contributed by atoms with Crippen molar-refractivity contribution in [3.8, 4) is 0 Å². The van der Waals surface area contributed by atoms with E-state index in [1.807, 2.05) is 6.92 Å². The number of rotatable bonds is 3. The van der Waals surface area contributed by atoms with Crippen molar-refractivity contribution in [3.05, 3.63) is 55.9 Å². The first kappa shape index (κ1) is 12.9. The Balaban J connectivity index is 2.39. The van der Waals surface area contributed by atoms with Crippen LogP contribution in [0.3, 0.4) is 0 Å². The fourth-order valence-corrected chi connectivity index (χ4v) is 2.53. The zero-order chi connectivity index (χ0) is 13.3. The Morgan fingerprint density at radius 1 is 1.56 bits per heavy atom. The Hall–Kier alpha value is -1.53. The number of halogens is 1. The molecular formula is C12H11FN2OS2. The number of nitrogens with zero attached hydrogens (tertiary/aromatic N) is 1. The Bertz CT molecular complexity index is 660. The van der Waals surface area contributed by atoms with Gasteiger partial charge in [0.25, 0.3) is 0 Å². The number of benzene rings is 1. The van der Waals surface area contributed by atoms with Gasteiger partial charge in [-0.15, -0.1) is 0 Å². The Morgan fingerprint density at radius 3 is 2.83 bits per heavy atom. The molecule has 2 N–H and O–H groups in total. The van der Waals surface area contributed by atoms with Gasteiger partial charge in [0.15, 0.2) is 0 Å². The molecule has 0 fully saturated rings. The molecule has 0 amide bonds. The number of thiazole rings is 1. The van der Waals surface area contributed by atoms with E-state index in [9.17, 15) is 9.18 Å². The van der Waals surface area contributed by atoms with Gasteiger partial charge in [-0.05, 0) is 24.6 Å². The van der Waals surface area contributed by atoms with Gasteiger partial charge in [-0.2, -0.15) is 0 Å². The molecule has 0 radical (unpaired) electrons. The van der Waals surface area contributed by atoms with Crippen molar-refractivity contribution in [1.29, 1.82) is 0 Å². The molecule has 1 aromatic heterocycles. The van der Waals surface area contributed by atoms with Crippen molar-refractivity contribution >= 4 is 28.5 Å². The molecule has 18 heavy (non-hydrogen) atoms. The highest BCUT2D eigenvalue weighted by atomic mass is 32.1. The average molecular weight is 282 g/mol. The number of hydrogen-bond donors (Lipinski definition) is 1. The highest BCUT2D eigenvalue weighted by Crippen LogP contribution is 2.12. The van der Waals surface area contributed by atoms with Crippen LogP contribution in [0.4, 0.5) is 4.39 Å². The summed E-state index contributed by atoms with van der Waals surface area (Å²) in [6.45, 7) is 2.25. The normalized spacial score (nSPS) is 10.6. The maximum atomic E-state index is 13.4. The van der Waals surface area contributed by atoms with E-state index in [1.165, 1.54) is 6.07 Å². The summed E-state index contributed by atoms with van der Waals surface area (Å²) >= 11 is 5.93. The third-order valence-corrected chi connectivity index (χ3v) is 3.71. The van der Waals surface area contributed by atoms with Crippen LogP contribution in [0, 0.1) is 12.7 Å². The van der Waals surface area contributed by atoms with Crippen LogP contribution in [0.1, 0.15) is 16.8 Å². The third kappa shape index (κ3) is 2.49. The van der Waals surface area contributed by atoms with Crippen LogP contribution in [0.5, 0.6) is 0 Å². The van der Waals surface area contributed by atoms with E-state index < -0.39 is 5.82 Å². The number of thiocarbonyl (C=S) groups is 1. The van der Waals surface area contributed by atoms with Gasteiger partial charge in [-0.1, -0.05) is 29.6 Å². The minimum Gasteiger partial charge on any atom is -0.389 e. The van der Waals surface area contributed by atoms with Gasteiger partial charge in [-0.3, -0.25) is 9.36 Å². The molecule has 6 heteroatoms. The molecule has 0 aliphatic rings. The topological polar surface area (TPSA) is 48.0 Å². The fourth-order valence-electron chi connectivity index (χ4n) is 1.64. The van der Waals surface area contributed by atoms with Gasteiger partial charge in [-0.25, -0.2) is 4.39 Å². The standard InChI is InChI=1S/C12H11FN2OS2/c1-7-6-18-12(16)15(7)5-8-2-3-10(13)9(4-8)11(14)17/h2-4,6H,5H2,1H3,(H2,14,17). The first-order valence-electron chi connectivity index (χ1n) is 5.22. The van der Waals surface area contributed by atoms with Crippen molar-refractivity contribution < 1.29 is 4.39 Å². The maximum absolute atomic E-state index is 13.4. The SMILES string of the molecule is Cc1csc(=O)n1Cc1ccc(F)c(C(N)=S)c1. The summed E-state index contributed by atoms with van der Waals surface area (Å²) in [5.74, 6) is -0.444. The van der Waals surface area contributed by atoms with E-state index >= 15 is 0 Å². The lowest BCUT2D eigenvalue weighted by Gasteiger charge is -2.07. The Kier molecular flexibility index (Phi) is 3.58. The summed E-state index contributed by atoms with van der Waals surface area (Å²) in [5.41, 5.74) is 7.33. The van der Waals surface area contributed by atoms with Crippen LogP contribution < -0.4 is 10.6 Å². The van der Waals surface area contributed by atoms with E-state index in [2.05, 4.69) is 0 Å². The fraction of sp³-hybridized carbons (Fsp3) is 0.167. The molecule has 3 nitrogen and oxygen atoms in total. The van der Waals surface area contributed by atoms with Crippen LogP contribution in [0.25, 0.3) is 0 Å². The number of aromatic nitrogens is 1. The van der Waals surface area contributed by atoms with Crippen LogP contribution in [-0.4, -0.2) is 9.56 Å². The minimum absolute atomic E-state index is 0.0173. The second kappa shape index (κ2) is 4.99. The lowest BCUT2D eigenvalue weighted by atomic mass is 10.1. The smallest absolute Gasteiger partial charge is 0.307 e. The van der Waals surface area contributed by atoms with Crippen LogP contribution in [0.15, 0.2) is 28.4 Å². The van der Waals surface area contributed by atoms with E-state index in [0.717, 1.165) is 22.6 Å². The van der Waals surface area contributed by atoms with Crippen molar-refractivity contribution in [2.24, 2.45) is 5.73 Å². The van der Waals surface area contributed by atoms with E-state index in [1.54, 1.807) is 22.1 Å². The molecule has 0 saturated heterocycles. The summed E-state index contributed by atoms with van der Waals surface area (Å²) < 4.78 is 15.0. The molecule has 0 saturated carbocycles. The molecule has 2 rings (SSSR count). The first-order valence-corrected chi connectivity index (χ1v) is 6.51. The van der Waals surface area contributed by atoms with Crippen LogP contribution >= 0.6 is 23.6 Å². The van der Waals surface area contributed by atoms with Gasteiger partial charge >= 0.3 is 4.87 Å². The second-order valence-corrected chi connectivity index (χ2v) is 5.17. The second-order valence-electron chi connectivity index (χ2n) is 3.91. The summed E-state index contributed by atoms with van der Waals surface area (Å²) in [7, 11) is 0. The Morgan fingerprint density at radius 2 is 2.28 bits per heavy atom. The number of nitrogens with two attached hydrogens (primary N) is 1. The summed E-state index contributed by atoms with van der Waals surface area (Å²) in [6.07, 6.45) is 0. The minimum atomic E-state index is -0.444. The highest BCUT2D eigenvalue weighted by molar-refractivity contribution is 7.80. The molecule has 0 spiro atoms. The monoisotopic (exact) mass is 282 g/mol. The average Bonchev–Trinajstić information content (AvgIpc) is 2.63. The summed E-state index contributed by atoms with van der Waals surface area (Å²) in [6, 6.07) is 4.53. The summed E-state index contributed by atoms with van der Waals surface area (Å²) in [5, 5.41) is 1.79. The predicted molar refractivity (Wildman–Crippen MR) is 74.7 cm³/mol. The van der Waals surface area contributed by atoms with Crippen molar-refractivity contribution in [1.82, 2.24) is 4.57 Å². The molecule has 1 heterocycles. The molecule has 0 bridgehead atoms. The molecule has 0 aliphatic carbocycles. The van der Waals surface area contributed by atoms with E-state index in [0.29, 0.717) is 6.54 Å². The molecule has 1 aromatic carbocycles. The predicted octanol–water partition coefficient (Wildman–Crippen LogP) is 2.04. The first-order chi connectivity index (χ1) is 8.49. The quantitative estimate of drug-likeness (QED) is 0.876. The molecule has 94 valence electrons. The molecule has 2 aromatic rings. The van der Waals surface area contributed by atoms with Crippen LogP contribution in [-0.2, 0) is 6.54 Å². The van der Waals surface area contributed by atoms with Crippen molar-refractivity contribution in [2.75, 3.05) is 0 Å². The van der Waals surface area contributed by atoms with Gasteiger partial charge < -0.3 is 5.73 Å². The van der Waals surface area contributed by atoms with E-state index in [-0.39, 0.29) is 15.4 Å². The van der Waals surface area contributed by atoms with E-state index in [4.69, 9.17) is 18.0 Å². The highest BCUT2D eigenvalue weighted by Gasteiger charge is 2.08. The van der Waals surface area contributed by atoms with Gasteiger partial charge in [0.2, 0.25) is 0 Å². The van der Waals surface area contributed by atoms with Crippen molar-refractivity contribution in [3.63, 3.8) is 0 Å². The van der Waals surface area contributed by atoms with Crippen molar-refractivity contribution in [2.45, 2.75) is 13.5 Å². The molecule has 0 atom stereocenters. The molecular weight excluding hydrogens is 271 g/mol. The molecule has 0 unspecified atom stereocenters. The van der Waals surface area contributed by atoms with Gasteiger partial charge in [0.1, 0.15) is 10.8 Å². The molecule has 0 aliphatic heterocycles. The largest absolute Gasteiger partial charge is 0.389 e. The zero-order valence-corrected chi connectivity index (χ0v) is 11.3. The number of aryl methyl sites for hydroxylation is 1. The lowest BCUT2D eigenvalue weighted by molar-refractivity contribution is 0.623. The maximum Gasteiger partial charge on any atom is 0.307 e. The third-order valence-electron chi connectivity index (χ3n) is 2.61. The van der Waals surface area contributed by atoms with Gasteiger partial charge in [0, 0.05) is 16.6 Å². The summed E-state index contributed by atoms with van der Waals surface area (Å²) in [4.78, 5) is 11.6. The van der Waals surface area contributed by atoms with Crippen LogP contribution in [0.2, 0.25) is 0 Å².